The third-order valence-corrected chi connectivity index (χ3v) is 6.02. The minimum absolute atomic E-state index is 0.108. The molecule has 2 atom stereocenters. The highest BCUT2D eigenvalue weighted by Crippen LogP contribution is 2.33. The molecule has 2 aromatic carbocycles. The molecular formula is C22H22ClN3O3. The Kier molecular flexibility index (Phi) is 5.04. The van der Waals surface area contributed by atoms with Crippen LogP contribution >= 0.6 is 11.6 Å². The molecule has 2 N–H and O–H groups in total. The van der Waals surface area contributed by atoms with E-state index in [0.717, 1.165) is 29.7 Å². The summed E-state index contributed by atoms with van der Waals surface area (Å²) < 4.78 is 0. The number of benzene rings is 2. The van der Waals surface area contributed by atoms with Crippen molar-refractivity contribution in [2.45, 2.75) is 37.8 Å². The third-order valence-electron chi connectivity index (χ3n) is 5.69. The van der Waals surface area contributed by atoms with Crippen LogP contribution < -0.4 is 10.6 Å². The highest BCUT2D eigenvalue weighted by molar-refractivity contribution is 6.32. The molecule has 1 fully saturated rings. The summed E-state index contributed by atoms with van der Waals surface area (Å²) in [5.74, 6) is -0.853. The van der Waals surface area contributed by atoms with Gasteiger partial charge in [-0.1, -0.05) is 54.1 Å². The predicted octanol–water partition coefficient (Wildman–Crippen LogP) is 3.30. The molecule has 1 heterocycles. The van der Waals surface area contributed by atoms with Crippen molar-refractivity contribution in [1.82, 2.24) is 15.5 Å². The maximum Gasteiger partial charge on any atom is 0.325 e. The summed E-state index contributed by atoms with van der Waals surface area (Å²) in [6, 6.07) is 14.2. The number of imide groups is 1. The quantitative estimate of drug-likeness (QED) is 0.757. The number of halogens is 1. The molecule has 0 saturated carbocycles. The summed E-state index contributed by atoms with van der Waals surface area (Å²) in [7, 11) is 0. The summed E-state index contributed by atoms with van der Waals surface area (Å²) in [6.07, 6.45) is 2.81. The van der Waals surface area contributed by atoms with Gasteiger partial charge in [-0.3, -0.25) is 14.5 Å². The fourth-order valence-corrected chi connectivity index (χ4v) is 4.50. The number of urea groups is 1. The summed E-state index contributed by atoms with van der Waals surface area (Å²) in [5.41, 5.74) is 1.53. The lowest BCUT2D eigenvalue weighted by molar-refractivity contribution is -0.135. The first-order valence-corrected chi connectivity index (χ1v) is 10.0. The molecule has 2 aromatic rings. The number of hydrogen-bond acceptors (Lipinski definition) is 3. The minimum Gasteiger partial charge on any atom is -0.348 e. The summed E-state index contributed by atoms with van der Waals surface area (Å²) in [5, 5.41) is 6.05. The zero-order valence-electron chi connectivity index (χ0n) is 16.1. The Hall–Kier alpha value is -2.86. The molecule has 29 heavy (non-hydrogen) atoms. The Balaban J connectivity index is 1.49. The number of rotatable bonds is 4. The molecule has 0 aromatic heterocycles. The Morgan fingerprint density at radius 3 is 2.72 bits per heavy atom. The zero-order valence-corrected chi connectivity index (χ0v) is 16.8. The van der Waals surface area contributed by atoms with Crippen LogP contribution in [0.25, 0.3) is 0 Å². The van der Waals surface area contributed by atoms with Gasteiger partial charge in [0, 0.05) is 10.6 Å². The summed E-state index contributed by atoms with van der Waals surface area (Å²) >= 11 is 6.24. The van der Waals surface area contributed by atoms with E-state index >= 15 is 0 Å². The Bertz CT molecular complexity index is 993. The molecule has 0 unspecified atom stereocenters. The zero-order chi connectivity index (χ0) is 20.6. The second-order valence-electron chi connectivity index (χ2n) is 7.64. The lowest BCUT2D eigenvalue weighted by atomic mass is 9.88. The van der Waals surface area contributed by atoms with Crippen LogP contribution in [-0.2, 0) is 21.5 Å². The SMILES string of the molecule is C[C@]1(c2ccccc2Cl)NC(=O)N(CC(=O)N[C@H]2CCCc3ccccc32)C1=O. The van der Waals surface area contributed by atoms with Crippen molar-refractivity contribution in [2.75, 3.05) is 6.54 Å². The lowest BCUT2D eigenvalue weighted by Gasteiger charge is -2.27. The normalized spacial score (nSPS) is 23.5. The van der Waals surface area contributed by atoms with Crippen molar-refractivity contribution in [1.29, 1.82) is 0 Å². The van der Waals surface area contributed by atoms with E-state index in [9.17, 15) is 14.4 Å². The van der Waals surface area contributed by atoms with Crippen molar-refractivity contribution >= 4 is 29.4 Å². The smallest absolute Gasteiger partial charge is 0.325 e. The van der Waals surface area contributed by atoms with Crippen LogP contribution in [0.1, 0.15) is 42.5 Å². The number of fused-ring (bicyclic) bond motifs is 1. The molecule has 1 aliphatic heterocycles. The monoisotopic (exact) mass is 411 g/mol. The molecule has 0 radical (unpaired) electrons. The number of nitrogens with one attached hydrogen (secondary N) is 2. The van der Waals surface area contributed by atoms with Crippen molar-refractivity contribution < 1.29 is 14.4 Å². The van der Waals surface area contributed by atoms with Crippen LogP contribution in [0.4, 0.5) is 4.79 Å². The van der Waals surface area contributed by atoms with Crippen LogP contribution in [0.15, 0.2) is 48.5 Å². The predicted molar refractivity (Wildman–Crippen MR) is 109 cm³/mol. The van der Waals surface area contributed by atoms with Gasteiger partial charge in [-0.05, 0) is 43.4 Å². The van der Waals surface area contributed by atoms with E-state index in [0.29, 0.717) is 10.6 Å². The van der Waals surface area contributed by atoms with Gasteiger partial charge in [0.15, 0.2) is 0 Å². The second-order valence-corrected chi connectivity index (χ2v) is 8.04. The van der Waals surface area contributed by atoms with Gasteiger partial charge in [0.1, 0.15) is 12.1 Å². The summed E-state index contributed by atoms with van der Waals surface area (Å²) in [6.45, 7) is 1.27. The molecule has 2 aliphatic rings. The van der Waals surface area contributed by atoms with Crippen LogP contribution in [0.3, 0.4) is 0 Å². The van der Waals surface area contributed by atoms with Gasteiger partial charge in [-0.15, -0.1) is 0 Å². The fraction of sp³-hybridized carbons (Fsp3) is 0.318. The Morgan fingerprint density at radius 1 is 1.21 bits per heavy atom. The topological polar surface area (TPSA) is 78.5 Å². The van der Waals surface area contributed by atoms with Crippen LogP contribution in [0, 0.1) is 0 Å². The van der Waals surface area contributed by atoms with Crippen LogP contribution in [0.2, 0.25) is 5.02 Å². The van der Waals surface area contributed by atoms with E-state index in [1.165, 1.54) is 5.56 Å². The van der Waals surface area contributed by atoms with E-state index in [2.05, 4.69) is 16.7 Å². The molecule has 7 heteroatoms. The Labute approximate surface area is 174 Å². The largest absolute Gasteiger partial charge is 0.348 e. The van der Waals surface area contributed by atoms with Gasteiger partial charge in [-0.25, -0.2) is 4.79 Å². The molecule has 0 spiro atoms. The third kappa shape index (κ3) is 3.49. The maximum atomic E-state index is 13.0. The molecule has 1 aliphatic carbocycles. The number of carbonyl (C=O) groups is 3. The van der Waals surface area contributed by atoms with E-state index in [1.807, 2.05) is 18.2 Å². The van der Waals surface area contributed by atoms with Crippen molar-refractivity contribution in [3.05, 3.63) is 70.2 Å². The van der Waals surface area contributed by atoms with Crippen molar-refractivity contribution in [3.63, 3.8) is 0 Å². The van der Waals surface area contributed by atoms with E-state index in [1.54, 1.807) is 31.2 Å². The van der Waals surface area contributed by atoms with Gasteiger partial charge >= 0.3 is 6.03 Å². The van der Waals surface area contributed by atoms with Crippen LogP contribution in [0.5, 0.6) is 0 Å². The number of carbonyl (C=O) groups excluding carboxylic acids is 3. The second kappa shape index (κ2) is 7.52. The first-order chi connectivity index (χ1) is 13.9. The standard InChI is InChI=1S/C22H22ClN3O3/c1-22(16-10-4-5-11-17(16)23)20(28)26(21(29)25-22)13-19(27)24-18-12-6-8-14-7-2-3-9-15(14)18/h2-5,7,9-11,18H,6,8,12-13H2,1H3,(H,24,27)(H,25,29)/t18-,22+/m0/s1. The molecular weight excluding hydrogens is 390 g/mol. The van der Waals surface area contributed by atoms with Crippen LogP contribution in [-0.4, -0.2) is 29.3 Å². The van der Waals surface area contributed by atoms with Gasteiger partial charge < -0.3 is 10.6 Å². The number of aryl methyl sites for hydroxylation is 1. The maximum absolute atomic E-state index is 13.0. The fourth-order valence-electron chi connectivity index (χ4n) is 4.18. The molecule has 150 valence electrons. The first-order valence-electron chi connectivity index (χ1n) is 9.66. The average molecular weight is 412 g/mol. The molecule has 6 nitrogen and oxygen atoms in total. The minimum atomic E-state index is -1.30. The number of nitrogens with zero attached hydrogens (tertiary/aromatic N) is 1. The van der Waals surface area contributed by atoms with Gasteiger partial charge in [-0.2, -0.15) is 0 Å². The van der Waals surface area contributed by atoms with Gasteiger partial charge in [0.25, 0.3) is 5.91 Å². The van der Waals surface area contributed by atoms with E-state index < -0.39 is 17.5 Å². The number of hydrogen-bond donors (Lipinski definition) is 2. The van der Waals surface area contributed by atoms with E-state index in [-0.39, 0.29) is 18.5 Å². The van der Waals surface area contributed by atoms with E-state index in [4.69, 9.17) is 11.6 Å². The highest BCUT2D eigenvalue weighted by Gasteiger charge is 2.50. The highest BCUT2D eigenvalue weighted by atomic mass is 35.5. The average Bonchev–Trinajstić information content (AvgIpc) is 2.92. The van der Waals surface area contributed by atoms with Gasteiger partial charge in [0.2, 0.25) is 5.91 Å². The first kappa shape index (κ1) is 19.5. The lowest BCUT2D eigenvalue weighted by Crippen LogP contribution is -2.44. The Morgan fingerprint density at radius 2 is 1.93 bits per heavy atom. The molecule has 1 saturated heterocycles. The van der Waals surface area contributed by atoms with Crippen molar-refractivity contribution in [3.8, 4) is 0 Å². The summed E-state index contributed by atoms with van der Waals surface area (Å²) in [4.78, 5) is 39.1. The molecule has 4 rings (SSSR count). The number of amides is 4. The molecule has 4 amide bonds. The van der Waals surface area contributed by atoms with Crippen molar-refractivity contribution in [2.24, 2.45) is 0 Å². The molecule has 0 bridgehead atoms. The van der Waals surface area contributed by atoms with Gasteiger partial charge in [0.05, 0.1) is 6.04 Å².